The van der Waals surface area contributed by atoms with Crippen LogP contribution in [0.15, 0.2) is 16.7 Å². The van der Waals surface area contributed by atoms with Crippen LogP contribution in [0.25, 0.3) is 0 Å². The minimum Gasteiger partial charge on any atom is -0.369 e. The Morgan fingerprint density at radius 1 is 1.26 bits per heavy atom. The third-order valence-corrected chi connectivity index (χ3v) is 6.86. The SMILES string of the molecule is CN(C(=O)c1ccc(Br)[nH]1)C1C2CC3CC1CC(C(N)=O)(C3)C2. The van der Waals surface area contributed by atoms with Gasteiger partial charge in [-0.2, -0.15) is 0 Å². The van der Waals surface area contributed by atoms with Crippen molar-refractivity contribution in [2.24, 2.45) is 28.9 Å². The van der Waals surface area contributed by atoms with E-state index in [-0.39, 0.29) is 23.3 Å². The summed E-state index contributed by atoms with van der Waals surface area (Å²) in [5.41, 5.74) is 6.05. The lowest BCUT2D eigenvalue weighted by atomic mass is 9.47. The van der Waals surface area contributed by atoms with Crippen LogP contribution in [-0.4, -0.2) is 34.8 Å². The van der Waals surface area contributed by atoms with E-state index in [4.69, 9.17) is 5.73 Å². The molecule has 3 N–H and O–H groups in total. The van der Waals surface area contributed by atoms with Crippen molar-refractivity contribution in [3.63, 3.8) is 0 Å². The van der Waals surface area contributed by atoms with Gasteiger partial charge >= 0.3 is 0 Å². The van der Waals surface area contributed by atoms with Gasteiger partial charge in [-0.05, 0) is 77.9 Å². The van der Waals surface area contributed by atoms with Crippen LogP contribution in [0.5, 0.6) is 0 Å². The van der Waals surface area contributed by atoms with Crippen LogP contribution in [-0.2, 0) is 4.79 Å². The Morgan fingerprint density at radius 2 is 1.91 bits per heavy atom. The van der Waals surface area contributed by atoms with Gasteiger partial charge in [0.1, 0.15) is 5.69 Å². The van der Waals surface area contributed by atoms with Gasteiger partial charge in [0.15, 0.2) is 0 Å². The van der Waals surface area contributed by atoms with Crippen molar-refractivity contribution in [2.75, 3.05) is 7.05 Å². The second-order valence-corrected chi connectivity index (χ2v) is 8.60. The van der Waals surface area contributed by atoms with E-state index in [0.29, 0.717) is 23.4 Å². The number of aromatic nitrogens is 1. The first-order valence-corrected chi connectivity index (χ1v) is 9.10. The van der Waals surface area contributed by atoms with E-state index in [1.54, 1.807) is 0 Å². The predicted octanol–water partition coefficient (Wildman–Crippen LogP) is 2.53. The van der Waals surface area contributed by atoms with Gasteiger partial charge in [0, 0.05) is 18.5 Å². The molecule has 1 aromatic rings. The molecular weight excluding hydrogens is 358 g/mol. The monoisotopic (exact) mass is 379 g/mol. The van der Waals surface area contributed by atoms with Crippen LogP contribution in [0.4, 0.5) is 0 Å². The van der Waals surface area contributed by atoms with Gasteiger partial charge < -0.3 is 15.6 Å². The summed E-state index contributed by atoms with van der Waals surface area (Å²) in [4.78, 5) is 29.8. The van der Waals surface area contributed by atoms with E-state index < -0.39 is 0 Å². The Bertz CT molecular complexity index is 655. The number of hydrogen-bond acceptors (Lipinski definition) is 2. The number of H-pyrrole nitrogens is 1. The Kier molecular flexibility index (Phi) is 3.38. The van der Waals surface area contributed by atoms with Crippen molar-refractivity contribution in [2.45, 2.75) is 38.1 Å². The van der Waals surface area contributed by atoms with Crippen LogP contribution in [0.3, 0.4) is 0 Å². The van der Waals surface area contributed by atoms with E-state index in [1.165, 1.54) is 0 Å². The van der Waals surface area contributed by atoms with Crippen molar-refractivity contribution in [1.29, 1.82) is 0 Å². The number of amides is 2. The average molecular weight is 380 g/mol. The van der Waals surface area contributed by atoms with Gasteiger partial charge in [0.25, 0.3) is 5.91 Å². The first kappa shape index (κ1) is 15.2. The molecule has 2 unspecified atom stereocenters. The lowest BCUT2D eigenvalue weighted by Crippen LogP contribution is -2.62. The molecule has 4 fully saturated rings. The summed E-state index contributed by atoms with van der Waals surface area (Å²) in [5.74, 6) is 1.32. The van der Waals surface area contributed by atoms with Crippen molar-refractivity contribution in [3.8, 4) is 0 Å². The number of nitrogens with two attached hydrogens (primary N) is 1. The van der Waals surface area contributed by atoms with Crippen LogP contribution < -0.4 is 5.73 Å². The van der Waals surface area contributed by atoms with Crippen molar-refractivity contribution < 1.29 is 9.59 Å². The molecule has 6 heteroatoms. The van der Waals surface area contributed by atoms with Gasteiger partial charge in [-0.1, -0.05) is 0 Å². The number of hydrogen-bond donors (Lipinski definition) is 2. The predicted molar refractivity (Wildman–Crippen MR) is 89.6 cm³/mol. The van der Waals surface area contributed by atoms with Gasteiger partial charge in [0.2, 0.25) is 5.91 Å². The molecule has 4 aliphatic rings. The summed E-state index contributed by atoms with van der Waals surface area (Å²) in [5, 5.41) is 0. The number of primary amides is 1. The molecule has 23 heavy (non-hydrogen) atoms. The van der Waals surface area contributed by atoms with E-state index >= 15 is 0 Å². The first-order valence-electron chi connectivity index (χ1n) is 8.31. The Labute approximate surface area is 144 Å². The molecule has 4 saturated carbocycles. The summed E-state index contributed by atoms with van der Waals surface area (Å²) in [6.45, 7) is 0. The average Bonchev–Trinajstić information content (AvgIpc) is 2.91. The lowest BCUT2D eigenvalue weighted by molar-refractivity contribution is -0.149. The third-order valence-electron chi connectivity index (χ3n) is 6.39. The fourth-order valence-electron chi connectivity index (χ4n) is 5.75. The molecule has 4 bridgehead atoms. The molecule has 124 valence electrons. The lowest BCUT2D eigenvalue weighted by Gasteiger charge is -2.60. The number of carbonyl (C=O) groups excluding carboxylic acids is 2. The molecule has 0 saturated heterocycles. The maximum absolute atomic E-state index is 12.8. The van der Waals surface area contributed by atoms with Gasteiger partial charge in [-0.25, -0.2) is 0 Å². The molecule has 5 nitrogen and oxygen atoms in total. The van der Waals surface area contributed by atoms with Gasteiger partial charge in [0.05, 0.1) is 4.60 Å². The summed E-state index contributed by atoms with van der Waals surface area (Å²) < 4.78 is 0.812. The normalized spacial score (nSPS) is 37.8. The van der Waals surface area contributed by atoms with E-state index in [0.717, 1.165) is 36.7 Å². The van der Waals surface area contributed by atoms with Gasteiger partial charge in [-0.3, -0.25) is 9.59 Å². The molecule has 2 amide bonds. The zero-order valence-corrected chi connectivity index (χ0v) is 14.8. The molecule has 4 aliphatic carbocycles. The number of rotatable bonds is 3. The molecule has 0 aliphatic heterocycles. The highest BCUT2D eigenvalue weighted by molar-refractivity contribution is 9.10. The number of aromatic amines is 1. The molecule has 0 aromatic carbocycles. The van der Waals surface area contributed by atoms with Crippen molar-refractivity contribution in [1.82, 2.24) is 9.88 Å². The minimum atomic E-state index is -0.299. The molecule has 1 heterocycles. The summed E-state index contributed by atoms with van der Waals surface area (Å²) in [6.07, 6.45) is 4.92. The van der Waals surface area contributed by atoms with E-state index in [2.05, 4.69) is 20.9 Å². The van der Waals surface area contributed by atoms with E-state index in [1.807, 2.05) is 24.1 Å². The summed E-state index contributed by atoms with van der Waals surface area (Å²) >= 11 is 3.35. The molecule has 2 atom stereocenters. The quantitative estimate of drug-likeness (QED) is 0.845. The number of carbonyl (C=O) groups is 2. The third kappa shape index (κ3) is 2.25. The summed E-state index contributed by atoms with van der Waals surface area (Å²) in [6, 6.07) is 3.89. The Balaban J connectivity index is 1.59. The van der Waals surface area contributed by atoms with Crippen molar-refractivity contribution in [3.05, 3.63) is 22.4 Å². The molecule has 0 spiro atoms. The molecule has 0 radical (unpaired) electrons. The Morgan fingerprint density at radius 3 is 2.43 bits per heavy atom. The zero-order chi connectivity index (χ0) is 16.4. The number of nitrogens with zero attached hydrogens (tertiary/aromatic N) is 1. The highest BCUT2D eigenvalue weighted by atomic mass is 79.9. The fourth-order valence-corrected chi connectivity index (χ4v) is 6.10. The number of nitrogens with one attached hydrogen (secondary N) is 1. The smallest absolute Gasteiger partial charge is 0.270 e. The first-order chi connectivity index (χ1) is 10.9. The second-order valence-electron chi connectivity index (χ2n) is 7.74. The Hall–Kier alpha value is -1.30. The van der Waals surface area contributed by atoms with Crippen LogP contribution in [0.1, 0.15) is 42.6 Å². The second kappa shape index (κ2) is 5.10. The number of halogens is 1. The molecular formula is C17H22BrN3O2. The van der Waals surface area contributed by atoms with E-state index in [9.17, 15) is 9.59 Å². The standard InChI is InChI=1S/C17H22BrN3O2/c1-21(15(22)12-2-3-13(18)20-12)14-10-4-9-5-11(14)8-17(6-9,7-10)16(19)23/h2-3,9-11,14,20H,4-8H2,1H3,(H2,19,23). The summed E-state index contributed by atoms with van der Waals surface area (Å²) in [7, 11) is 1.90. The van der Waals surface area contributed by atoms with Crippen LogP contribution in [0.2, 0.25) is 0 Å². The highest BCUT2D eigenvalue weighted by Gasteiger charge is 2.59. The highest BCUT2D eigenvalue weighted by Crippen LogP contribution is 2.60. The van der Waals surface area contributed by atoms with Crippen LogP contribution in [0, 0.1) is 23.2 Å². The fraction of sp³-hybridized carbons (Fsp3) is 0.647. The molecule has 1 aromatic heterocycles. The molecule has 5 rings (SSSR count). The van der Waals surface area contributed by atoms with Crippen LogP contribution >= 0.6 is 15.9 Å². The van der Waals surface area contributed by atoms with Gasteiger partial charge in [-0.15, -0.1) is 0 Å². The largest absolute Gasteiger partial charge is 0.369 e. The van der Waals surface area contributed by atoms with Crippen molar-refractivity contribution >= 4 is 27.7 Å². The maximum Gasteiger partial charge on any atom is 0.270 e. The minimum absolute atomic E-state index is 0.0290. The topological polar surface area (TPSA) is 79.2 Å². The zero-order valence-electron chi connectivity index (χ0n) is 13.2. The maximum atomic E-state index is 12.8.